The van der Waals surface area contributed by atoms with Gasteiger partial charge in [0.25, 0.3) is 0 Å². The fourth-order valence-electron chi connectivity index (χ4n) is 3.90. The SMILES string of the molecule is O=C(CCc1ccc(F)cc1)NCC#Cc1cc2ncnc(Nc3ccc(OCc4cccc(F)c4)c(Cl)c3)c2s1. The van der Waals surface area contributed by atoms with Crippen LogP contribution in [0.3, 0.4) is 0 Å². The second-order valence-corrected chi connectivity index (χ2v) is 10.4. The highest BCUT2D eigenvalue weighted by molar-refractivity contribution is 7.20. The zero-order valence-electron chi connectivity index (χ0n) is 21.6. The van der Waals surface area contributed by atoms with Crippen LogP contribution in [0.2, 0.25) is 5.02 Å². The zero-order chi connectivity index (χ0) is 28.6. The summed E-state index contributed by atoms with van der Waals surface area (Å²) in [5.41, 5.74) is 3.04. The first-order chi connectivity index (χ1) is 19.9. The molecule has 2 heterocycles. The van der Waals surface area contributed by atoms with Crippen LogP contribution < -0.4 is 15.4 Å². The van der Waals surface area contributed by atoms with Crippen molar-refractivity contribution in [3.63, 3.8) is 0 Å². The van der Waals surface area contributed by atoms with Crippen molar-refractivity contribution in [3.05, 3.63) is 112 Å². The van der Waals surface area contributed by atoms with E-state index in [9.17, 15) is 13.6 Å². The van der Waals surface area contributed by atoms with Gasteiger partial charge in [-0.25, -0.2) is 18.7 Å². The minimum Gasteiger partial charge on any atom is -0.487 e. The fraction of sp³-hybridized carbons (Fsp3) is 0.129. The van der Waals surface area contributed by atoms with E-state index in [0.717, 1.165) is 20.7 Å². The summed E-state index contributed by atoms with van der Waals surface area (Å²) in [6, 6.07) is 19.5. The van der Waals surface area contributed by atoms with Gasteiger partial charge in [0, 0.05) is 12.1 Å². The zero-order valence-corrected chi connectivity index (χ0v) is 23.2. The summed E-state index contributed by atoms with van der Waals surface area (Å²) in [4.78, 5) is 21.6. The van der Waals surface area contributed by atoms with Crippen LogP contribution in [-0.4, -0.2) is 22.4 Å². The monoisotopic (exact) mass is 588 g/mol. The Morgan fingerprint density at radius 2 is 1.83 bits per heavy atom. The first kappa shape index (κ1) is 28.0. The maximum absolute atomic E-state index is 13.4. The number of carbonyl (C=O) groups is 1. The summed E-state index contributed by atoms with van der Waals surface area (Å²) in [6.45, 7) is 0.398. The standard InChI is InChI=1S/C31H23ClF2N4O2S/c32-26-16-24(11-12-28(26)40-18-21-3-1-4-23(34)15-21)38-31-30-27(36-19-37-31)17-25(41-30)5-2-14-35-29(39)13-8-20-6-9-22(33)10-7-20/h1,3-4,6-7,9-12,15-17,19H,8,13-14,18H2,(H,35,39)(H,36,37,38). The number of aromatic nitrogens is 2. The van der Waals surface area contributed by atoms with Gasteiger partial charge in [0.2, 0.25) is 5.91 Å². The van der Waals surface area contributed by atoms with Crippen molar-refractivity contribution in [1.82, 2.24) is 15.3 Å². The van der Waals surface area contributed by atoms with Gasteiger partial charge in [-0.05, 0) is 66.1 Å². The van der Waals surface area contributed by atoms with Crippen LogP contribution in [0.25, 0.3) is 10.2 Å². The first-order valence-electron chi connectivity index (χ1n) is 12.6. The highest BCUT2D eigenvalue weighted by Gasteiger charge is 2.10. The Morgan fingerprint density at radius 1 is 0.976 bits per heavy atom. The second kappa shape index (κ2) is 13.2. The minimum absolute atomic E-state index is 0.124. The van der Waals surface area contributed by atoms with Crippen molar-refractivity contribution in [3.8, 4) is 17.6 Å². The van der Waals surface area contributed by atoms with Gasteiger partial charge in [0.05, 0.1) is 26.7 Å². The number of rotatable bonds is 9. The average molecular weight is 589 g/mol. The highest BCUT2D eigenvalue weighted by Crippen LogP contribution is 2.33. The van der Waals surface area contributed by atoms with Crippen LogP contribution in [-0.2, 0) is 17.8 Å². The second-order valence-electron chi connectivity index (χ2n) is 8.94. The molecule has 0 radical (unpaired) electrons. The van der Waals surface area contributed by atoms with Crippen molar-refractivity contribution in [2.75, 3.05) is 11.9 Å². The van der Waals surface area contributed by atoms with Gasteiger partial charge < -0.3 is 15.4 Å². The Morgan fingerprint density at radius 3 is 2.63 bits per heavy atom. The molecule has 6 nitrogen and oxygen atoms in total. The molecular formula is C31H23ClF2N4O2S. The lowest BCUT2D eigenvalue weighted by Gasteiger charge is -2.11. The summed E-state index contributed by atoms with van der Waals surface area (Å²) in [5.74, 6) is 6.37. The van der Waals surface area contributed by atoms with Gasteiger partial charge >= 0.3 is 0 Å². The summed E-state index contributed by atoms with van der Waals surface area (Å²) in [6.07, 6.45) is 2.29. The molecule has 0 bridgehead atoms. The molecule has 41 heavy (non-hydrogen) atoms. The topological polar surface area (TPSA) is 76.1 Å². The third-order valence-corrected chi connectivity index (χ3v) is 7.27. The van der Waals surface area contributed by atoms with E-state index in [0.29, 0.717) is 40.7 Å². The van der Waals surface area contributed by atoms with Crippen molar-refractivity contribution in [1.29, 1.82) is 0 Å². The summed E-state index contributed by atoms with van der Waals surface area (Å²) in [5, 5.41) is 6.44. The average Bonchev–Trinajstić information content (AvgIpc) is 3.39. The molecule has 1 amide bonds. The number of anilines is 2. The van der Waals surface area contributed by atoms with Crippen LogP contribution in [0.4, 0.5) is 20.3 Å². The largest absolute Gasteiger partial charge is 0.487 e. The van der Waals surface area contributed by atoms with Crippen LogP contribution in [0.5, 0.6) is 5.75 Å². The predicted molar refractivity (Wildman–Crippen MR) is 157 cm³/mol. The lowest BCUT2D eigenvalue weighted by atomic mass is 10.1. The van der Waals surface area contributed by atoms with E-state index < -0.39 is 0 Å². The Labute approximate surface area is 244 Å². The number of amides is 1. The van der Waals surface area contributed by atoms with E-state index in [1.54, 1.807) is 36.4 Å². The molecular weight excluding hydrogens is 566 g/mol. The van der Waals surface area contributed by atoms with Gasteiger partial charge in [0.15, 0.2) is 5.82 Å². The summed E-state index contributed by atoms with van der Waals surface area (Å²) < 4.78 is 33.0. The molecule has 0 aliphatic rings. The lowest BCUT2D eigenvalue weighted by Crippen LogP contribution is -2.23. The highest BCUT2D eigenvalue weighted by atomic mass is 35.5. The summed E-state index contributed by atoms with van der Waals surface area (Å²) >= 11 is 7.87. The van der Waals surface area contributed by atoms with Crippen molar-refractivity contribution >= 4 is 50.6 Å². The van der Waals surface area contributed by atoms with E-state index in [-0.39, 0.29) is 30.7 Å². The van der Waals surface area contributed by atoms with E-state index in [4.69, 9.17) is 16.3 Å². The predicted octanol–water partition coefficient (Wildman–Crippen LogP) is 7.05. The first-order valence-corrected chi connectivity index (χ1v) is 13.8. The number of aryl methyl sites for hydroxylation is 1. The molecule has 10 heteroatoms. The van der Waals surface area contributed by atoms with Crippen LogP contribution >= 0.6 is 22.9 Å². The van der Waals surface area contributed by atoms with Gasteiger partial charge in [-0.15, -0.1) is 11.3 Å². The maximum Gasteiger partial charge on any atom is 0.221 e. The molecule has 0 aliphatic heterocycles. The number of halogens is 3. The number of fused-ring (bicyclic) bond motifs is 1. The van der Waals surface area contributed by atoms with Gasteiger partial charge in [0.1, 0.15) is 30.3 Å². The molecule has 2 N–H and O–H groups in total. The number of ether oxygens (including phenoxy) is 1. The van der Waals surface area contributed by atoms with Crippen LogP contribution in [0, 0.1) is 23.5 Å². The number of nitrogens with one attached hydrogen (secondary N) is 2. The molecule has 0 spiro atoms. The van der Waals surface area contributed by atoms with Crippen molar-refractivity contribution in [2.45, 2.75) is 19.4 Å². The maximum atomic E-state index is 13.4. The Kier molecular flexibility index (Phi) is 9.04. The molecule has 0 atom stereocenters. The van der Waals surface area contributed by atoms with E-state index in [1.807, 2.05) is 12.1 Å². The van der Waals surface area contributed by atoms with E-state index >= 15 is 0 Å². The van der Waals surface area contributed by atoms with E-state index in [2.05, 4.69) is 32.4 Å². The van der Waals surface area contributed by atoms with Gasteiger partial charge in [-0.2, -0.15) is 0 Å². The van der Waals surface area contributed by atoms with Gasteiger partial charge in [-0.1, -0.05) is 47.7 Å². The Hall–Kier alpha value is -4.52. The van der Waals surface area contributed by atoms with Crippen LogP contribution in [0.1, 0.15) is 22.4 Å². The molecule has 0 saturated carbocycles. The van der Waals surface area contributed by atoms with Gasteiger partial charge in [-0.3, -0.25) is 4.79 Å². The summed E-state index contributed by atoms with van der Waals surface area (Å²) in [7, 11) is 0. The minimum atomic E-state index is -0.322. The molecule has 2 aromatic heterocycles. The molecule has 0 fully saturated rings. The Balaban J connectivity index is 1.17. The lowest BCUT2D eigenvalue weighted by molar-refractivity contribution is -0.120. The van der Waals surface area contributed by atoms with E-state index in [1.165, 1.54) is 41.9 Å². The third kappa shape index (κ3) is 7.78. The normalized spacial score (nSPS) is 10.6. The molecule has 3 aromatic carbocycles. The number of thiophene rings is 1. The third-order valence-electron chi connectivity index (χ3n) is 5.93. The molecule has 5 rings (SSSR count). The molecule has 206 valence electrons. The molecule has 5 aromatic rings. The molecule has 0 unspecified atom stereocenters. The Bertz CT molecular complexity index is 1750. The smallest absolute Gasteiger partial charge is 0.221 e. The van der Waals surface area contributed by atoms with Crippen LogP contribution in [0.15, 0.2) is 79.1 Å². The molecule has 0 aliphatic carbocycles. The number of hydrogen-bond acceptors (Lipinski definition) is 6. The fourth-order valence-corrected chi connectivity index (χ4v) is 5.06. The van der Waals surface area contributed by atoms with Crippen molar-refractivity contribution < 1.29 is 18.3 Å². The molecule has 0 saturated heterocycles. The number of hydrogen-bond donors (Lipinski definition) is 2. The number of carbonyl (C=O) groups excluding carboxylic acids is 1. The van der Waals surface area contributed by atoms with Crippen molar-refractivity contribution in [2.24, 2.45) is 0 Å². The number of benzene rings is 3. The quantitative estimate of drug-likeness (QED) is 0.181. The number of nitrogens with zero attached hydrogens (tertiary/aromatic N) is 2.